The standard InChI is InChI=1S/C12H15NO3/c1-15-11-4-3-8-5-10(6-9(8)7-11)13-12(14)16-2/h3-4,7,10H,5-6H2,1-2H3,(H,13,14)/t10-/m0/s1. The van der Waals surface area contributed by atoms with Gasteiger partial charge in [0.2, 0.25) is 0 Å². The topological polar surface area (TPSA) is 47.6 Å². The Morgan fingerprint density at radius 1 is 1.31 bits per heavy atom. The Morgan fingerprint density at radius 3 is 2.75 bits per heavy atom. The van der Waals surface area contributed by atoms with E-state index in [-0.39, 0.29) is 12.1 Å². The molecule has 0 saturated heterocycles. The molecule has 0 aliphatic heterocycles. The quantitative estimate of drug-likeness (QED) is 0.823. The summed E-state index contributed by atoms with van der Waals surface area (Å²) < 4.78 is 9.75. The van der Waals surface area contributed by atoms with Crippen LogP contribution in [0.3, 0.4) is 0 Å². The molecule has 4 heteroatoms. The number of rotatable bonds is 2. The summed E-state index contributed by atoms with van der Waals surface area (Å²) >= 11 is 0. The Morgan fingerprint density at radius 2 is 2.06 bits per heavy atom. The molecule has 0 fully saturated rings. The number of benzene rings is 1. The molecule has 1 aliphatic carbocycles. The monoisotopic (exact) mass is 221 g/mol. The third-order valence-electron chi connectivity index (χ3n) is 2.85. The average molecular weight is 221 g/mol. The van der Waals surface area contributed by atoms with Crippen molar-refractivity contribution in [2.45, 2.75) is 18.9 Å². The number of carbonyl (C=O) groups is 1. The molecule has 0 unspecified atom stereocenters. The van der Waals surface area contributed by atoms with Crippen LogP contribution in [-0.4, -0.2) is 26.4 Å². The van der Waals surface area contributed by atoms with Gasteiger partial charge >= 0.3 is 6.09 Å². The number of hydrogen-bond acceptors (Lipinski definition) is 3. The van der Waals surface area contributed by atoms with Gasteiger partial charge in [-0.05, 0) is 36.1 Å². The number of nitrogens with one attached hydrogen (secondary N) is 1. The zero-order valence-electron chi connectivity index (χ0n) is 9.45. The van der Waals surface area contributed by atoms with E-state index in [2.05, 4.69) is 10.1 Å². The van der Waals surface area contributed by atoms with Crippen LogP contribution in [0.15, 0.2) is 18.2 Å². The van der Waals surface area contributed by atoms with Crippen molar-refractivity contribution in [3.63, 3.8) is 0 Å². The van der Waals surface area contributed by atoms with Crippen LogP contribution in [0.5, 0.6) is 5.75 Å². The van der Waals surface area contributed by atoms with Crippen molar-refractivity contribution in [2.75, 3.05) is 14.2 Å². The smallest absolute Gasteiger partial charge is 0.407 e. The van der Waals surface area contributed by atoms with Gasteiger partial charge in [0.1, 0.15) is 5.75 Å². The van der Waals surface area contributed by atoms with E-state index in [0.717, 1.165) is 18.6 Å². The van der Waals surface area contributed by atoms with Crippen LogP contribution < -0.4 is 10.1 Å². The third-order valence-corrected chi connectivity index (χ3v) is 2.85. The maximum absolute atomic E-state index is 11.1. The van der Waals surface area contributed by atoms with Crippen molar-refractivity contribution in [1.82, 2.24) is 5.32 Å². The Balaban J connectivity index is 2.06. The molecular formula is C12H15NO3. The van der Waals surface area contributed by atoms with E-state index in [1.165, 1.54) is 18.2 Å². The number of amides is 1. The van der Waals surface area contributed by atoms with Crippen molar-refractivity contribution >= 4 is 6.09 Å². The highest BCUT2D eigenvalue weighted by molar-refractivity contribution is 5.67. The molecule has 0 bridgehead atoms. The molecule has 86 valence electrons. The maximum Gasteiger partial charge on any atom is 0.407 e. The molecule has 0 saturated carbocycles. The predicted octanol–water partition coefficient (Wildman–Crippen LogP) is 1.52. The van der Waals surface area contributed by atoms with Gasteiger partial charge in [-0.1, -0.05) is 6.07 Å². The van der Waals surface area contributed by atoms with Gasteiger partial charge in [-0.2, -0.15) is 0 Å². The molecule has 0 heterocycles. The lowest BCUT2D eigenvalue weighted by Gasteiger charge is -2.09. The maximum atomic E-state index is 11.1. The van der Waals surface area contributed by atoms with Gasteiger partial charge in [0, 0.05) is 6.04 Å². The minimum Gasteiger partial charge on any atom is -0.497 e. The molecule has 0 spiro atoms. The molecule has 1 N–H and O–H groups in total. The van der Waals surface area contributed by atoms with Crippen molar-refractivity contribution in [1.29, 1.82) is 0 Å². The molecule has 0 radical (unpaired) electrons. The van der Waals surface area contributed by atoms with Gasteiger partial charge in [0.25, 0.3) is 0 Å². The lowest BCUT2D eigenvalue weighted by molar-refractivity contribution is 0.167. The molecule has 16 heavy (non-hydrogen) atoms. The zero-order chi connectivity index (χ0) is 11.5. The minimum atomic E-state index is -0.371. The van der Waals surface area contributed by atoms with Gasteiger partial charge in [0.05, 0.1) is 14.2 Å². The van der Waals surface area contributed by atoms with Crippen molar-refractivity contribution in [3.05, 3.63) is 29.3 Å². The molecular weight excluding hydrogens is 206 g/mol. The largest absolute Gasteiger partial charge is 0.497 e. The second kappa shape index (κ2) is 4.43. The molecule has 1 aromatic carbocycles. The van der Waals surface area contributed by atoms with Gasteiger partial charge in [-0.15, -0.1) is 0 Å². The fourth-order valence-corrected chi connectivity index (χ4v) is 2.05. The summed E-state index contributed by atoms with van der Waals surface area (Å²) in [5.74, 6) is 0.859. The first-order valence-electron chi connectivity index (χ1n) is 5.23. The first-order valence-corrected chi connectivity index (χ1v) is 5.23. The fraction of sp³-hybridized carbons (Fsp3) is 0.417. The Labute approximate surface area is 94.6 Å². The number of carbonyl (C=O) groups excluding carboxylic acids is 1. The van der Waals surface area contributed by atoms with Gasteiger partial charge < -0.3 is 14.8 Å². The van der Waals surface area contributed by atoms with Crippen LogP contribution in [0.4, 0.5) is 4.79 Å². The highest BCUT2D eigenvalue weighted by Gasteiger charge is 2.23. The average Bonchev–Trinajstić information content (AvgIpc) is 2.69. The summed E-state index contributed by atoms with van der Waals surface area (Å²) in [5.41, 5.74) is 2.50. The van der Waals surface area contributed by atoms with Gasteiger partial charge in [-0.3, -0.25) is 0 Å². The number of ether oxygens (including phenoxy) is 2. The van der Waals surface area contributed by atoms with Crippen molar-refractivity contribution in [2.24, 2.45) is 0 Å². The van der Waals surface area contributed by atoms with Crippen molar-refractivity contribution < 1.29 is 14.3 Å². The Hall–Kier alpha value is -1.71. The van der Waals surface area contributed by atoms with E-state index in [0.29, 0.717) is 0 Å². The number of hydrogen-bond donors (Lipinski definition) is 1. The van der Waals surface area contributed by atoms with E-state index in [9.17, 15) is 4.79 Å². The first-order chi connectivity index (χ1) is 7.72. The summed E-state index contributed by atoms with van der Waals surface area (Å²) in [7, 11) is 3.03. The summed E-state index contributed by atoms with van der Waals surface area (Å²) in [4.78, 5) is 11.1. The zero-order valence-corrected chi connectivity index (χ0v) is 9.45. The summed E-state index contributed by atoms with van der Waals surface area (Å²) in [6.07, 6.45) is 1.32. The van der Waals surface area contributed by atoms with Crippen molar-refractivity contribution in [3.8, 4) is 5.75 Å². The lowest BCUT2D eigenvalue weighted by Crippen LogP contribution is -2.35. The fourth-order valence-electron chi connectivity index (χ4n) is 2.05. The molecule has 2 rings (SSSR count). The van der Waals surface area contributed by atoms with E-state index < -0.39 is 0 Å². The van der Waals surface area contributed by atoms with Crippen LogP contribution in [0.1, 0.15) is 11.1 Å². The predicted molar refractivity (Wildman–Crippen MR) is 59.7 cm³/mol. The van der Waals surface area contributed by atoms with Crippen LogP contribution in [0.2, 0.25) is 0 Å². The van der Waals surface area contributed by atoms with Gasteiger partial charge in [-0.25, -0.2) is 4.79 Å². The molecule has 1 aliphatic rings. The first kappa shape index (κ1) is 10.8. The van der Waals surface area contributed by atoms with Crippen LogP contribution in [0.25, 0.3) is 0 Å². The van der Waals surface area contributed by atoms with E-state index in [1.54, 1.807) is 7.11 Å². The normalized spacial score (nSPS) is 17.8. The minimum absolute atomic E-state index is 0.134. The third kappa shape index (κ3) is 2.10. The molecule has 4 nitrogen and oxygen atoms in total. The molecule has 1 aromatic rings. The Bertz CT molecular complexity index is 403. The molecule has 0 aromatic heterocycles. The lowest BCUT2D eigenvalue weighted by atomic mass is 10.1. The number of fused-ring (bicyclic) bond motifs is 1. The molecule has 1 atom stereocenters. The number of alkyl carbamates (subject to hydrolysis) is 1. The second-order valence-corrected chi connectivity index (χ2v) is 3.88. The van der Waals surface area contributed by atoms with Crippen LogP contribution in [-0.2, 0) is 17.6 Å². The SMILES string of the molecule is COC(=O)N[C@H]1Cc2ccc(OC)cc2C1. The highest BCUT2D eigenvalue weighted by Crippen LogP contribution is 2.26. The van der Waals surface area contributed by atoms with E-state index >= 15 is 0 Å². The van der Waals surface area contributed by atoms with E-state index in [4.69, 9.17) is 4.74 Å². The van der Waals surface area contributed by atoms with Crippen LogP contribution in [0, 0.1) is 0 Å². The van der Waals surface area contributed by atoms with Gasteiger partial charge in [0.15, 0.2) is 0 Å². The number of methoxy groups -OCH3 is 2. The summed E-state index contributed by atoms with van der Waals surface area (Å²) in [6.45, 7) is 0. The second-order valence-electron chi connectivity index (χ2n) is 3.88. The Kier molecular flexibility index (Phi) is 2.99. The summed E-state index contributed by atoms with van der Waals surface area (Å²) in [6, 6.07) is 6.15. The van der Waals surface area contributed by atoms with E-state index in [1.807, 2.05) is 18.2 Å². The summed E-state index contributed by atoms with van der Waals surface area (Å²) in [5, 5.41) is 2.81. The highest BCUT2D eigenvalue weighted by atomic mass is 16.5. The van der Waals surface area contributed by atoms with Crippen LogP contribution >= 0.6 is 0 Å². The molecule has 1 amide bonds.